The molecule has 0 bridgehead atoms. The van der Waals surface area contributed by atoms with E-state index in [4.69, 9.17) is 17.3 Å². The maximum atomic E-state index is 5.91. The van der Waals surface area contributed by atoms with E-state index < -0.39 is 0 Å². The second-order valence-electron chi connectivity index (χ2n) is 3.01. The van der Waals surface area contributed by atoms with E-state index >= 15 is 0 Å². The number of anilines is 2. The molecule has 0 saturated carbocycles. The minimum Gasteiger partial charge on any atom is -0.382 e. The first-order valence-corrected chi connectivity index (χ1v) is 4.99. The van der Waals surface area contributed by atoms with Crippen LogP contribution in [0.4, 0.5) is 11.6 Å². The van der Waals surface area contributed by atoms with Crippen LogP contribution in [0.5, 0.6) is 0 Å². The lowest BCUT2D eigenvalue weighted by Gasteiger charge is -2.07. The monoisotopic (exact) mass is 239 g/mol. The zero-order chi connectivity index (χ0) is 11.4. The Labute approximate surface area is 96.6 Å². The standard InChI is InChI=1S/C8H10ClN7/c9-6-7(10)12-5-13-8(6)11-1-3-16-4-2-14-15-16/h2,4-5H,1,3H2,(H3,10,11,12,13). The van der Waals surface area contributed by atoms with Crippen molar-refractivity contribution in [2.24, 2.45) is 0 Å². The quantitative estimate of drug-likeness (QED) is 0.803. The van der Waals surface area contributed by atoms with Crippen LogP contribution in [0.25, 0.3) is 0 Å². The van der Waals surface area contributed by atoms with Crippen molar-refractivity contribution in [3.8, 4) is 0 Å². The third kappa shape index (κ3) is 2.37. The van der Waals surface area contributed by atoms with Crippen molar-refractivity contribution in [2.75, 3.05) is 17.6 Å². The molecule has 7 nitrogen and oxygen atoms in total. The molecule has 0 aliphatic rings. The maximum absolute atomic E-state index is 5.91. The lowest BCUT2D eigenvalue weighted by Crippen LogP contribution is -2.12. The number of nitrogens with two attached hydrogens (primary N) is 1. The lowest BCUT2D eigenvalue weighted by atomic mass is 10.5. The number of nitrogens with zero attached hydrogens (tertiary/aromatic N) is 5. The SMILES string of the molecule is Nc1ncnc(NCCn2ccnn2)c1Cl. The van der Waals surface area contributed by atoms with Crippen molar-refractivity contribution >= 4 is 23.2 Å². The first-order valence-electron chi connectivity index (χ1n) is 4.61. The highest BCUT2D eigenvalue weighted by Gasteiger charge is 2.05. The zero-order valence-electron chi connectivity index (χ0n) is 8.34. The molecule has 0 aromatic carbocycles. The Balaban J connectivity index is 1.92. The van der Waals surface area contributed by atoms with Crippen LogP contribution in [0, 0.1) is 0 Å². The van der Waals surface area contributed by atoms with E-state index in [1.165, 1.54) is 6.33 Å². The van der Waals surface area contributed by atoms with Gasteiger partial charge in [-0.1, -0.05) is 16.8 Å². The van der Waals surface area contributed by atoms with Gasteiger partial charge in [0.2, 0.25) is 0 Å². The van der Waals surface area contributed by atoms with E-state index in [1.54, 1.807) is 17.1 Å². The molecule has 0 unspecified atom stereocenters. The first-order chi connectivity index (χ1) is 7.77. The summed E-state index contributed by atoms with van der Waals surface area (Å²) in [6, 6.07) is 0. The van der Waals surface area contributed by atoms with Crippen molar-refractivity contribution < 1.29 is 0 Å². The second-order valence-corrected chi connectivity index (χ2v) is 3.39. The van der Waals surface area contributed by atoms with E-state index in [-0.39, 0.29) is 5.82 Å². The number of halogens is 1. The van der Waals surface area contributed by atoms with Crippen LogP contribution < -0.4 is 11.1 Å². The molecule has 0 radical (unpaired) electrons. The van der Waals surface area contributed by atoms with Crippen LogP contribution in [-0.2, 0) is 6.54 Å². The zero-order valence-corrected chi connectivity index (χ0v) is 9.09. The van der Waals surface area contributed by atoms with E-state index in [2.05, 4.69) is 25.6 Å². The van der Waals surface area contributed by atoms with Crippen LogP contribution in [0.2, 0.25) is 5.02 Å². The molecule has 2 heterocycles. The molecule has 0 aliphatic carbocycles. The Hall–Kier alpha value is -1.89. The highest BCUT2D eigenvalue weighted by atomic mass is 35.5. The Kier molecular flexibility index (Phi) is 3.16. The Morgan fingerprint density at radius 2 is 2.31 bits per heavy atom. The summed E-state index contributed by atoms with van der Waals surface area (Å²) >= 11 is 5.91. The van der Waals surface area contributed by atoms with Gasteiger partial charge in [0.05, 0.1) is 12.7 Å². The Morgan fingerprint density at radius 1 is 1.44 bits per heavy atom. The third-order valence-corrected chi connectivity index (χ3v) is 2.29. The number of nitrogen functional groups attached to an aromatic ring is 1. The summed E-state index contributed by atoms with van der Waals surface area (Å²) in [5, 5.41) is 10.9. The van der Waals surface area contributed by atoms with Crippen LogP contribution in [0.3, 0.4) is 0 Å². The topological polar surface area (TPSA) is 94.5 Å². The molecule has 8 heteroatoms. The van der Waals surface area contributed by atoms with Crippen LogP contribution in [-0.4, -0.2) is 31.5 Å². The summed E-state index contributed by atoms with van der Waals surface area (Å²) in [4.78, 5) is 7.74. The van der Waals surface area contributed by atoms with Gasteiger partial charge in [-0.15, -0.1) is 5.10 Å². The van der Waals surface area contributed by atoms with Gasteiger partial charge in [0.1, 0.15) is 17.2 Å². The van der Waals surface area contributed by atoms with Crippen molar-refractivity contribution in [1.29, 1.82) is 0 Å². The molecule has 0 saturated heterocycles. The molecule has 0 fully saturated rings. The molecule has 0 spiro atoms. The normalized spacial score (nSPS) is 10.3. The van der Waals surface area contributed by atoms with Crippen molar-refractivity contribution in [3.63, 3.8) is 0 Å². The molecule has 0 atom stereocenters. The molecule has 0 amide bonds. The second kappa shape index (κ2) is 4.75. The van der Waals surface area contributed by atoms with E-state index in [0.29, 0.717) is 23.9 Å². The van der Waals surface area contributed by atoms with E-state index in [0.717, 1.165) is 0 Å². The fourth-order valence-corrected chi connectivity index (χ4v) is 1.31. The molecule has 2 aromatic heterocycles. The Bertz CT molecular complexity index is 455. The van der Waals surface area contributed by atoms with Gasteiger partial charge in [-0.05, 0) is 0 Å². The van der Waals surface area contributed by atoms with E-state index in [1.807, 2.05) is 0 Å². The number of hydrogen-bond donors (Lipinski definition) is 2. The molecule has 3 N–H and O–H groups in total. The van der Waals surface area contributed by atoms with Crippen LogP contribution in [0.1, 0.15) is 0 Å². The number of hydrogen-bond acceptors (Lipinski definition) is 6. The minimum absolute atomic E-state index is 0.264. The van der Waals surface area contributed by atoms with Crippen molar-refractivity contribution in [1.82, 2.24) is 25.0 Å². The third-order valence-electron chi connectivity index (χ3n) is 1.92. The lowest BCUT2D eigenvalue weighted by molar-refractivity contribution is 0.608. The summed E-state index contributed by atoms with van der Waals surface area (Å²) in [6.45, 7) is 1.29. The van der Waals surface area contributed by atoms with Crippen LogP contribution in [0.15, 0.2) is 18.7 Å². The summed E-state index contributed by atoms with van der Waals surface area (Å²) in [6.07, 6.45) is 4.76. The number of aromatic nitrogens is 5. The van der Waals surface area contributed by atoms with Crippen molar-refractivity contribution in [2.45, 2.75) is 6.54 Å². The fourth-order valence-electron chi connectivity index (χ4n) is 1.15. The molecule has 2 rings (SSSR count). The average molecular weight is 240 g/mol. The van der Waals surface area contributed by atoms with E-state index in [9.17, 15) is 0 Å². The smallest absolute Gasteiger partial charge is 0.150 e. The van der Waals surface area contributed by atoms with Crippen molar-refractivity contribution in [3.05, 3.63) is 23.7 Å². The van der Waals surface area contributed by atoms with Gasteiger partial charge in [-0.2, -0.15) is 0 Å². The first kappa shape index (κ1) is 10.6. The predicted octanol–water partition coefficient (Wildman–Crippen LogP) is 0.416. The van der Waals surface area contributed by atoms with Gasteiger partial charge in [-0.25, -0.2) is 9.97 Å². The van der Waals surface area contributed by atoms with Gasteiger partial charge in [-0.3, -0.25) is 4.68 Å². The average Bonchev–Trinajstić information content (AvgIpc) is 2.77. The van der Waals surface area contributed by atoms with Gasteiger partial charge in [0, 0.05) is 12.7 Å². The largest absolute Gasteiger partial charge is 0.382 e. The number of rotatable bonds is 4. The number of nitrogens with one attached hydrogen (secondary N) is 1. The predicted molar refractivity (Wildman–Crippen MR) is 60.0 cm³/mol. The molecule has 84 valence electrons. The maximum Gasteiger partial charge on any atom is 0.150 e. The van der Waals surface area contributed by atoms with Gasteiger partial charge >= 0.3 is 0 Å². The highest BCUT2D eigenvalue weighted by molar-refractivity contribution is 6.35. The summed E-state index contributed by atoms with van der Waals surface area (Å²) in [7, 11) is 0. The Morgan fingerprint density at radius 3 is 3.06 bits per heavy atom. The molecular weight excluding hydrogens is 230 g/mol. The van der Waals surface area contributed by atoms with Gasteiger partial charge in [0.15, 0.2) is 5.82 Å². The molecule has 2 aromatic rings. The molecule has 16 heavy (non-hydrogen) atoms. The molecular formula is C8H10ClN7. The highest BCUT2D eigenvalue weighted by Crippen LogP contribution is 2.22. The fraction of sp³-hybridized carbons (Fsp3) is 0.250. The molecule has 0 aliphatic heterocycles. The summed E-state index contributed by atoms with van der Waals surface area (Å²) in [5.41, 5.74) is 5.54. The van der Waals surface area contributed by atoms with Gasteiger partial charge in [0.25, 0.3) is 0 Å². The summed E-state index contributed by atoms with van der Waals surface area (Å²) < 4.78 is 1.70. The minimum atomic E-state index is 0.264. The van der Waals surface area contributed by atoms with Crippen LogP contribution >= 0.6 is 11.6 Å². The summed E-state index contributed by atoms with van der Waals surface area (Å²) in [5.74, 6) is 0.786. The van der Waals surface area contributed by atoms with Gasteiger partial charge < -0.3 is 11.1 Å².